The standard InChI is InChI=1S/C10H12ClN5OS2/c1-3-4-16-9(17)14-15-10(16)19-7-5-6(11)12-8(13-7)18-2/h5H,3-4H2,1-2H3,(H,14,17). The molecule has 19 heavy (non-hydrogen) atoms. The van der Waals surface area contributed by atoms with E-state index in [2.05, 4.69) is 20.2 Å². The summed E-state index contributed by atoms with van der Waals surface area (Å²) < 4.78 is 1.58. The molecule has 0 aliphatic heterocycles. The fourth-order valence-corrected chi connectivity index (χ4v) is 3.02. The van der Waals surface area contributed by atoms with E-state index >= 15 is 0 Å². The number of H-pyrrole nitrogens is 1. The molecule has 0 unspecified atom stereocenters. The summed E-state index contributed by atoms with van der Waals surface area (Å²) in [5.74, 6) is 0. The van der Waals surface area contributed by atoms with Crippen molar-refractivity contribution < 1.29 is 0 Å². The fraction of sp³-hybridized carbons (Fsp3) is 0.400. The maximum Gasteiger partial charge on any atom is 0.343 e. The van der Waals surface area contributed by atoms with Crippen LogP contribution < -0.4 is 5.69 Å². The number of hydrogen-bond donors (Lipinski definition) is 1. The van der Waals surface area contributed by atoms with E-state index < -0.39 is 0 Å². The van der Waals surface area contributed by atoms with Gasteiger partial charge in [0, 0.05) is 12.6 Å². The first-order valence-electron chi connectivity index (χ1n) is 5.55. The van der Waals surface area contributed by atoms with Gasteiger partial charge in [-0.3, -0.25) is 4.57 Å². The van der Waals surface area contributed by atoms with Gasteiger partial charge in [-0.2, -0.15) is 0 Å². The van der Waals surface area contributed by atoms with Crippen molar-refractivity contribution in [2.75, 3.05) is 6.26 Å². The summed E-state index contributed by atoms with van der Waals surface area (Å²) in [5, 5.41) is 8.65. The van der Waals surface area contributed by atoms with Crippen LogP contribution in [0.1, 0.15) is 13.3 Å². The van der Waals surface area contributed by atoms with Crippen LogP contribution in [0.2, 0.25) is 5.15 Å². The van der Waals surface area contributed by atoms with E-state index in [-0.39, 0.29) is 5.69 Å². The van der Waals surface area contributed by atoms with Crippen LogP contribution in [-0.2, 0) is 6.54 Å². The van der Waals surface area contributed by atoms with Crippen molar-refractivity contribution in [1.29, 1.82) is 0 Å². The number of thioether (sulfide) groups is 1. The zero-order valence-corrected chi connectivity index (χ0v) is 12.8. The van der Waals surface area contributed by atoms with Gasteiger partial charge in [-0.25, -0.2) is 19.9 Å². The summed E-state index contributed by atoms with van der Waals surface area (Å²) in [4.78, 5) is 20.0. The third kappa shape index (κ3) is 3.52. The number of nitrogens with zero attached hydrogens (tertiary/aromatic N) is 4. The Morgan fingerprint density at radius 1 is 1.47 bits per heavy atom. The number of nitrogens with one attached hydrogen (secondary N) is 1. The van der Waals surface area contributed by atoms with Gasteiger partial charge in [0.2, 0.25) is 0 Å². The van der Waals surface area contributed by atoms with Gasteiger partial charge in [0.05, 0.1) is 0 Å². The van der Waals surface area contributed by atoms with E-state index in [0.717, 1.165) is 6.42 Å². The second-order valence-electron chi connectivity index (χ2n) is 3.58. The number of hydrogen-bond acceptors (Lipinski definition) is 6. The number of halogens is 1. The Bertz CT molecular complexity index is 627. The molecule has 2 aromatic rings. The molecule has 102 valence electrons. The van der Waals surface area contributed by atoms with Crippen LogP contribution in [0.5, 0.6) is 0 Å². The normalized spacial score (nSPS) is 10.9. The van der Waals surface area contributed by atoms with Crippen molar-refractivity contribution in [3.8, 4) is 0 Å². The van der Waals surface area contributed by atoms with Crippen LogP contribution in [0.25, 0.3) is 0 Å². The topological polar surface area (TPSA) is 76.5 Å². The third-order valence-electron chi connectivity index (χ3n) is 2.20. The summed E-state index contributed by atoms with van der Waals surface area (Å²) in [7, 11) is 0. The maximum absolute atomic E-state index is 11.6. The van der Waals surface area contributed by atoms with Crippen molar-refractivity contribution in [2.45, 2.75) is 35.2 Å². The lowest BCUT2D eigenvalue weighted by molar-refractivity contribution is 0.603. The lowest BCUT2D eigenvalue weighted by Crippen LogP contribution is -2.17. The molecule has 2 rings (SSSR count). The van der Waals surface area contributed by atoms with Crippen LogP contribution in [0.4, 0.5) is 0 Å². The molecule has 0 aliphatic rings. The second-order valence-corrected chi connectivity index (χ2v) is 5.73. The lowest BCUT2D eigenvalue weighted by atomic mass is 10.5. The summed E-state index contributed by atoms with van der Waals surface area (Å²) in [5.41, 5.74) is -0.213. The second kappa shape index (κ2) is 6.44. The van der Waals surface area contributed by atoms with Gasteiger partial charge in [-0.1, -0.05) is 30.3 Å². The summed E-state index contributed by atoms with van der Waals surface area (Å²) >= 11 is 8.63. The van der Waals surface area contributed by atoms with Gasteiger partial charge in [-0.15, -0.1) is 5.10 Å². The Kier molecular flexibility index (Phi) is 4.89. The average molecular weight is 318 g/mol. The lowest BCUT2D eigenvalue weighted by Gasteiger charge is -2.04. The van der Waals surface area contributed by atoms with Gasteiger partial charge >= 0.3 is 5.69 Å². The molecule has 0 amide bonds. The molecule has 0 fully saturated rings. The number of rotatable bonds is 5. The highest BCUT2D eigenvalue weighted by Gasteiger charge is 2.11. The van der Waals surface area contributed by atoms with Gasteiger partial charge < -0.3 is 0 Å². The van der Waals surface area contributed by atoms with Crippen LogP contribution in [0, 0.1) is 0 Å². The van der Waals surface area contributed by atoms with Gasteiger partial charge in [0.15, 0.2) is 10.3 Å². The Balaban J connectivity index is 2.30. The largest absolute Gasteiger partial charge is 0.343 e. The van der Waals surface area contributed by atoms with Gasteiger partial charge in [0.1, 0.15) is 10.2 Å². The molecular formula is C10H12ClN5OS2. The van der Waals surface area contributed by atoms with E-state index in [1.165, 1.54) is 23.5 Å². The van der Waals surface area contributed by atoms with Crippen LogP contribution >= 0.6 is 35.1 Å². The molecule has 2 heterocycles. The molecule has 0 bridgehead atoms. The van der Waals surface area contributed by atoms with E-state index in [0.29, 0.717) is 27.0 Å². The number of aromatic nitrogens is 5. The zero-order chi connectivity index (χ0) is 13.8. The van der Waals surface area contributed by atoms with Crippen LogP contribution in [0.3, 0.4) is 0 Å². The molecule has 6 nitrogen and oxygen atoms in total. The summed E-state index contributed by atoms with van der Waals surface area (Å²) in [6.45, 7) is 2.62. The first-order chi connectivity index (χ1) is 9.13. The van der Waals surface area contributed by atoms with Crippen molar-refractivity contribution in [1.82, 2.24) is 24.7 Å². The predicted octanol–water partition coefficient (Wildman–Crippen LogP) is 2.30. The molecule has 0 saturated carbocycles. The average Bonchev–Trinajstić information content (AvgIpc) is 2.71. The molecule has 0 aliphatic carbocycles. The van der Waals surface area contributed by atoms with E-state index in [4.69, 9.17) is 11.6 Å². The van der Waals surface area contributed by atoms with Crippen LogP contribution in [-0.4, -0.2) is 31.0 Å². The third-order valence-corrected chi connectivity index (χ3v) is 3.85. The van der Waals surface area contributed by atoms with E-state index in [1.807, 2.05) is 13.2 Å². The quantitative estimate of drug-likeness (QED) is 0.518. The molecule has 1 N–H and O–H groups in total. The Hall–Kier alpha value is -0.990. The zero-order valence-electron chi connectivity index (χ0n) is 10.4. The van der Waals surface area contributed by atoms with Crippen molar-refractivity contribution >= 4 is 35.1 Å². The Labute approximate surface area is 123 Å². The van der Waals surface area contributed by atoms with Crippen molar-refractivity contribution in [3.05, 3.63) is 21.7 Å². The molecule has 0 spiro atoms. The predicted molar refractivity (Wildman–Crippen MR) is 76.1 cm³/mol. The fourth-order valence-electron chi connectivity index (χ4n) is 1.42. The first kappa shape index (κ1) is 14.4. The smallest absolute Gasteiger partial charge is 0.270 e. The van der Waals surface area contributed by atoms with E-state index in [9.17, 15) is 4.79 Å². The minimum Gasteiger partial charge on any atom is -0.270 e. The molecule has 0 saturated heterocycles. The maximum atomic E-state index is 11.6. The van der Waals surface area contributed by atoms with Gasteiger partial charge in [-0.05, 0) is 24.4 Å². The molecule has 0 radical (unpaired) electrons. The molecule has 9 heteroatoms. The highest BCUT2D eigenvalue weighted by molar-refractivity contribution is 7.99. The van der Waals surface area contributed by atoms with Crippen LogP contribution in [0.15, 0.2) is 26.2 Å². The minimum absolute atomic E-state index is 0.213. The number of aromatic amines is 1. The first-order valence-corrected chi connectivity index (χ1v) is 7.97. The Morgan fingerprint density at radius 3 is 2.95 bits per heavy atom. The molecule has 2 aromatic heterocycles. The highest BCUT2D eigenvalue weighted by Crippen LogP contribution is 2.26. The van der Waals surface area contributed by atoms with Crippen molar-refractivity contribution in [3.63, 3.8) is 0 Å². The molecule has 0 atom stereocenters. The SMILES string of the molecule is CCCn1c(Sc2cc(Cl)nc(SC)n2)n[nH]c1=O. The van der Waals surface area contributed by atoms with Gasteiger partial charge in [0.25, 0.3) is 0 Å². The highest BCUT2D eigenvalue weighted by atomic mass is 35.5. The monoisotopic (exact) mass is 317 g/mol. The molecule has 0 aromatic carbocycles. The van der Waals surface area contributed by atoms with Crippen molar-refractivity contribution in [2.24, 2.45) is 0 Å². The Morgan fingerprint density at radius 2 is 2.26 bits per heavy atom. The molecular weight excluding hydrogens is 306 g/mol. The minimum atomic E-state index is -0.213. The summed E-state index contributed by atoms with van der Waals surface area (Å²) in [6, 6.07) is 1.65. The summed E-state index contributed by atoms with van der Waals surface area (Å²) in [6.07, 6.45) is 2.73. The van der Waals surface area contributed by atoms with E-state index in [1.54, 1.807) is 10.6 Å².